The summed E-state index contributed by atoms with van der Waals surface area (Å²) in [7, 11) is 0. The summed E-state index contributed by atoms with van der Waals surface area (Å²) in [6, 6.07) is -1.15. The molecule has 198 valence electrons. The Balaban J connectivity index is 3.07. The van der Waals surface area contributed by atoms with Crippen molar-refractivity contribution in [3.05, 3.63) is 38.0 Å². The van der Waals surface area contributed by atoms with E-state index >= 15 is 0 Å². The Morgan fingerprint density at radius 1 is 1.11 bits per heavy atom. The molecule has 0 radical (unpaired) electrons. The van der Waals surface area contributed by atoms with Crippen LogP contribution in [0.1, 0.15) is 13.3 Å². The van der Waals surface area contributed by atoms with Gasteiger partial charge in [0.2, 0.25) is 12.3 Å². The first-order chi connectivity index (χ1) is 17.1. The number of β-lactam (4-membered cyclic amide) rings is 1. The molecule has 0 bridgehead atoms. The number of likely N-dealkylation sites (tertiary alicyclic amines) is 1. The van der Waals surface area contributed by atoms with E-state index in [9.17, 15) is 33.9 Å². The molecule has 2 N–H and O–H groups in total. The summed E-state index contributed by atoms with van der Waals surface area (Å²) in [5.74, 6) is -6.23. The van der Waals surface area contributed by atoms with Crippen molar-refractivity contribution in [3.63, 3.8) is 0 Å². The maximum absolute atomic E-state index is 13.2. The molecule has 1 fully saturated rings. The van der Waals surface area contributed by atoms with Gasteiger partial charge in [-0.1, -0.05) is 31.4 Å². The van der Waals surface area contributed by atoms with Gasteiger partial charge in [-0.15, -0.1) is 6.58 Å². The molecule has 1 unspecified atom stereocenters. The lowest BCUT2D eigenvalue weighted by Gasteiger charge is -2.46. The fourth-order valence-electron chi connectivity index (χ4n) is 3.40. The van der Waals surface area contributed by atoms with E-state index in [4.69, 9.17) is 9.57 Å². The number of hydrogen-bond donors (Lipinski definition) is 2. The van der Waals surface area contributed by atoms with Crippen LogP contribution < -0.4 is 5.32 Å². The number of alkyl carbamates (subject to hydrolysis) is 1. The van der Waals surface area contributed by atoms with Gasteiger partial charge in [0.05, 0.1) is 37.1 Å². The van der Waals surface area contributed by atoms with Gasteiger partial charge in [0.15, 0.2) is 0 Å². The van der Waals surface area contributed by atoms with E-state index in [0.717, 1.165) is 5.06 Å². The van der Waals surface area contributed by atoms with Crippen molar-refractivity contribution in [2.45, 2.75) is 25.5 Å². The normalized spacial score (nSPS) is 18.1. The maximum atomic E-state index is 13.2. The minimum Gasteiger partial charge on any atom is -0.454 e. The highest BCUT2D eigenvalue weighted by atomic mass is 16.7. The largest absolute Gasteiger partial charge is 0.454 e. The predicted molar refractivity (Wildman–Crippen MR) is 124 cm³/mol. The average Bonchev–Trinajstić information content (AvgIpc) is 2.84. The highest BCUT2D eigenvalue weighted by Gasteiger charge is 2.55. The Labute approximate surface area is 208 Å². The van der Waals surface area contributed by atoms with Crippen LogP contribution in [0.15, 0.2) is 38.0 Å². The molecule has 4 amide bonds. The van der Waals surface area contributed by atoms with Crippen LogP contribution in [-0.2, 0) is 38.3 Å². The number of carbonyl (C=O) groups is 6. The molecule has 4 atom stereocenters. The number of hydrogen-bond acceptors (Lipinski definition) is 10. The lowest BCUT2D eigenvalue weighted by Crippen LogP contribution is -2.68. The van der Waals surface area contributed by atoms with Crippen LogP contribution in [0.3, 0.4) is 0 Å². The van der Waals surface area contributed by atoms with Crippen molar-refractivity contribution in [2.24, 2.45) is 11.8 Å². The number of ketones is 1. The van der Waals surface area contributed by atoms with Gasteiger partial charge < -0.3 is 19.9 Å². The molecule has 1 rings (SSSR count). The number of nitrogens with zero attached hydrogens (tertiary/aromatic N) is 2. The second kappa shape index (κ2) is 15.2. The molecule has 0 aromatic carbocycles. The molecule has 0 aromatic heterocycles. The molecular formula is C23H31N3O10. The predicted octanol–water partition coefficient (Wildman–Crippen LogP) is -0.486. The number of Topliss-reactive ketones (excluding diaryl/α,β-unsaturated/α-hetero) is 1. The number of esters is 1. The van der Waals surface area contributed by atoms with Gasteiger partial charge in [-0.25, -0.2) is 14.7 Å². The number of rotatable bonds is 16. The number of amides is 4. The van der Waals surface area contributed by atoms with Gasteiger partial charge in [0, 0.05) is 13.0 Å². The van der Waals surface area contributed by atoms with Crippen molar-refractivity contribution < 1.29 is 48.2 Å². The number of hydroxylamine groups is 2. The zero-order valence-electron chi connectivity index (χ0n) is 20.0. The van der Waals surface area contributed by atoms with E-state index in [-0.39, 0.29) is 32.9 Å². The number of imide groups is 1. The Morgan fingerprint density at radius 2 is 1.72 bits per heavy atom. The monoisotopic (exact) mass is 509 g/mol. The molecule has 0 spiro atoms. The number of ether oxygens (including phenoxy) is 2. The Morgan fingerprint density at radius 3 is 2.28 bits per heavy atom. The van der Waals surface area contributed by atoms with E-state index in [1.165, 1.54) is 25.2 Å². The Bertz CT molecular complexity index is 872. The summed E-state index contributed by atoms with van der Waals surface area (Å²) in [5.41, 5.74) is 0. The third-order valence-corrected chi connectivity index (χ3v) is 5.08. The minimum absolute atomic E-state index is 0.0369. The maximum Gasteiger partial charge on any atom is 0.407 e. The van der Waals surface area contributed by atoms with Crippen LogP contribution in [-0.4, -0.2) is 96.2 Å². The molecule has 1 aliphatic rings. The second-order valence-electron chi connectivity index (χ2n) is 7.66. The highest BCUT2D eigenvalue weighted by Crippen LogP contribution is 2.33. The first-order valence-corrected chi connectivity index (χ1v) is 11.0. The number of aliphatic hydroxyl groups excluding tert-OH is 1. The first-order valence-electron chi connectivity index (χ1n) is 11.0. The van der Waals surface area contributed by atoms with Gasteiger partial charge in [-0.05, 0) is 6.92 Å². The van der Waals surface area contributed by atoms with Crippen molar-refractivity contribution >= 4 is 36.1 Å². The van der Waals surface area contributed by atoms with Crippen molar-refractivity contribution in [2.75, 3.05) is 32.9 Å². The topological polar surface area (TPSA) is 169 Å². The third kappa shape index (κ3) is 8.43. The number of carbonyl (C=O) groups excluding carboxylic acids is 6. The van der Waals surface area contributed by atoms with Gasteiger partial charge in [-0.2, -0.15) is 0 Å². The van der Waals surface area contributed by atoms with Crippen LogP contribution in [0, 0.1) is 11.8 Å². The zero-order valence-corrected chi connectivity index (χ0v) is 20.0. The molecule has 0 aliphatic carbocycles. The number of nitrogens with one attached hydrogen (secondary N) is 1. The molecule has 0 aromatic rings. The fraction of sp³-hybridized carbons (Fsp3) is 0.478. The smallest absolute Gasteiger partial charge is 0.407 e. The van der Waals surface area contributed by atoms with Gasteiger partial charge in [0.1, 0.15) is 19.0 Å². The molecule has 36 heavy (non-hydrogen) atoms. The van der Waals surface area contributed by atoms with Crippen molar-refractivity contribution in [1.82, 2.24) is 15.3 Å². The lowest BCUT2D eigenvalue weighted by molar-refractivity contribution is -0.181. The van der Waals surface area contributed by atoms with Gasteiger partial charge in [-0.3, -0.25) is 28.9 Å². The van der Waals surface area contributed by atoms with Gasteiger partial charge in [0.25, 0.3) is 0 Å². The molecule has 1 aliphatic heterocycles. The second-order valence-corrected chi connectivity index (χ2v) is 7.66. The van der Waals surface area contributed by atoms with Crippen LogP contribution in [0.25, 0.3) is 0 Å². The van der Waals surface area contributed by atoms with E-state index in [0.29, 0.717) is 11.3 Å². The lowest BCUT2D eigenvalue weighted by atomic mass is 9.79. The van der Waals surface area contributed by atoms with Crippen LogP contribution in [0.5, 0.6) is 0 Å². The SMILES string of the molecule is C=CCOC(=O)NCC(CN(C=O)OCC=C)C(=O)C[C@@H]1[C@@H]([C@@H](C)O)C(=O)N1C(=O)C(=O)OCC=C. The van der Waals surface area contributed by atoms with Crippen LogP contribution in [0.4, 0.5) is 4.79 Å². The summed E-state index contributed by atoms with van der Waals surface area (Å²) < 4.78 is 9.47. The zero-order chi connectivity index (χ0) is 27.3. The fourth-order valence-corrected chi connectivity index (χ4v) is 3.40. The Hall–Kier alpha value is -3.84. The van der Waals surface area contributed by atoms with Crippen molar-refractivity contribution in [3.8, 4) is 0 Å². The molecular weight excluding hydrogens is 478 g/mol. The van der Waals surface area contributed by atoms with E-state index in [1.54, 1.807) is 0 Å². The standard InChI is InChI=1S/C23H31N3O10/c1-5-8-34-22(32)21(31)26-17(19(15(4)28)20(26)30)11-18(29)16(12-24-23(33)35-9-6-2)13-25(14-27)36-10-7-3/h5-7,14-17,19,28H,1-3,8-13H2,4H3,(H,24,33)/t15-,16?,17-,19-/m1/s1. The summed E-state index contributed by atoms with van der Waals surface area (Å²) in [5, 5.41) is 13.2. The van der Waals surface area contributed by atoms with E-state index in [1.807, 2.05) is 0 Å². The summed E-state index contributed by atoms with van der Waals surface area (Å²) >= 11 is 0. The van der Waals surface area contributed by atoms with Gasteiger partial charge >= 0.3 is 18.0 Å². The molecule has 1 saturated heterocycles. The summed E-state index contributed by atoms with van der Waals surface area (Å²) in [6.07, 6.45) is 1.74. The quantitative estimate of drug-likeness (QED) is 0.0692. The molecule has 13 heteroatoms. The summed E-state index contributed by atoms with van der Waals surface area (Å²) in [6.45, 7) is 10.6. The third-order valence-electron chi connectivity index (χ3n) is 5.08. The molecule has 0 saturated carbocycles. The van der Waals surface area contributed by atoms with E-state index in [2.05, 4.69) is 29.8 Å². The number of aliphatic hydroxyl groups is 1. The van der Waals surface area contributed by atoms with Crippen LogP contribution in [0.2, 0.25) is 0 Å². The molecule has 1 heterocycles. The van der Waals surface area contributed by atoms with Crippen molar-refractivity contribution in [1.29, 1.82) is 0 Å². The Kier molecular flexibility index (Phi) is 12.8. The minimum atomic E-state index is -1.32. The molecule has 13 nitrogen and oxygen atoms in total. The first kappa shape index (κ1) is 30.2. The summed E-state index contributed by atoms with van der Waals surface area (Å²) in [4.78, 5) is 79.0. The average molecular weight is 510 g/mol. The highest BCUT2D eigenvalue weighted by molar-refractivity contribution is 6.36. The van der Waals surface area contributed by atoms with E-state index < -0.39 is 60.1 Å². The van der Waals surface area contributed by atoms with Crippen LogP contribution >= 0.6 is 0 Å².